The van der Waals surface area contributed by atoms with Crippen LogP contribution in [0.5, 0.6) is 0 Å². The van der Waals surface area contributed by atoms with Gasteiger partial charge in [-0.25, -0.2) is 10.1 Å². The van der Waals surface area contributed by atoms with Crippen LogP contribution in [0.15, 0.2) is 0 Å². The topological polar surface area (TPSA) is 119 Å². The molecule has 0 aromatic carbocycles. The molecule has 7 heteroatoms. The average molecular weight is 151 g/mol. The Bertz CT molecular complexity index is 59.1. The summed E-state index contributed by atoms with van der Waals surface area (Å²) in [4.78, 5) is 14.8. The molecule has 0 atom stereocenters. The number of halogens is 1. The molecule has 0 spiro atoms. The predicted molar refractivity (Wildman–Crippen MR) is 28.5 cm³/mol. The Morgan fingerprint density at radius 3 is 1.43 bits per heavy atom. The van der Waals surface area contributed by atoms with Crippen molar-refractivity contribution in [2.45, 2.75) is 0 Å². The maximum absolute atomic E-state index is 9.10. The Morgan fingerprint density at radius 1 is 1.43 bits per heavy atom. The van der Waals surface area contributed by atoms with Crippen LogP contribution in [0.4, 0.5) is 0 Å². The molecule has 0 fully saturated rings. The Balaban J connectivity index is -0.0000000800. The molecule has 7 heavy (non-hydrogen) atoms. The van der Waals surface area contributed by atoms with Gasteiger partial charge in [-0.3, -0.25) is 0 Å². The van der Waals surface area contributed by atoms with Crippen molar-refractivity contribution in [3.63, 3.8) is 0 Å². The predicted octanol–water partition coefficient (Wildman–Crippen LogP) is -0.378. The minimum Gasteiger partial charge on any atom is -0.344 e. The Hall–Kier alpha value is 0.360. The van der Waals surface area contributed by atoms with E-state index in [0.29, 0.717) is 0 Å². The second kappa shape index (κ2) is 4.52. The molecule has 0 aliphatic rings. The summed E-state index contributed by atoms with van der Waals surface area (Å²) in [5.41, 5.74) is 4.02. The van der Waals surface area contributed by atoms with E-state index in [9.17, 15) is 0 Å². The van der Waals surface area contributed by atoms with Gasteiger partial charge in [0.25, 0.3) is 0 Å². The Labute approximate surface area is 47.1 Å². The van der Waals surface area contributed by atoms with Gasteiger partial charge >= 0.3 is 7.75 Å². The lowest BCUT2D eigenvalue weighted by molar-refractivity contribution is 0.374. The number of rotatable bonds is 0. The van der Waals surface area contributed by atoms with E-state index in [2.05, 4.69) is 5.50 Å². The zero-order valence-corrected chi connectivity index (χ0v) is 5.15. The maximum atomic E-state index is 9.10. The summed E-state index contributed by atoms with van der Waals surface area (Å²) in [6.45, 7) is 0. The largest absolute Gasteiger partial charge is 0.397 e. The van der Waals surface area contributed by atoms with Crippen molar-refractivity contribution in [3.05, 3.63) is 0 Å². The molecule has 0 radical (unpaired) electrons. The fourth-order valence-electron chi connectivity index (χ4n) is 0. The van der Waals surface area contributed by atoms with Crippen molar-refractivity contribution in [1.29, 1.82) is 0 Å². The lowest BCUT2D eigenvalue weighted by atomic mass is 13.9. The second-order valence-corrected chi connectivity index (χ2v) is 1.77. The molecule has 7 N–H and O–H groups in total. The molecular weight excluding hydrogens is 142 g/mol. The van der Waals surface area contributed by atoms with E-state index in [1.165, 1.54) is 0 Å². The first-order valence-electron chi connectivity index (χ1n) is 0.841. The molecule has 0 amide bonds. The van der Waals surface area contributed by atoms with Crippen LogP contribution in [0.2, 0.25) is 0 Å². The van der Waals surface area contributed by atoms with Gasteiger partial charge in [-0.1, -0.05) is 0 Å². The maximum Gasteiger partial charge on any atom is 0.397 e. The highest BCUT2D eigenvalue weighted by Gasteiger charge is 1.96. The van der Waals surface area contributed by atoms with Crippen LogP contribution in [0.3, 0.4) is 0 Å². The molecule has 5 nitrogen and oxygen atoms in total. The first kappa shape index (κ1) is 15.7. The normalized spacial score (nSPS) is 8.43. The molecule has 0 unspecified atom stereocenters. The average Bonchev–Trinajstić information content (AvgIpc) is 0.722. The quantitative estimate of drug-likeness (QED) is 0.351. The van der Waals surface area contributed by atoms with Crippen LogP contribution in [0.1, 0.15) is 0 Å². The fraction of sp³-hybridized carbons (Fsp3) is 0. The summed E-state index contributed by atoms with van der Waals surface area (Å²) in [6, 6.07) is 0. The van der Waals surface area contributed by atoms with Crippen LogP contribution in [0.25, 0.3) is 0 Å². The third-order valence-corrected chi connectivity index (χ3v) is 0. The zero-order valence-electron chi connectivity index (χ0n) is 3.44. The van der Waals surface area contributed by atoms with E-state index >= 15 is 0 Å². The van der Waals surface area contributed by atoms with Crippen LogP contribution in [0, 0.1) is 0 Å². The van der Waals surface area contributed by atoms with E-state index < -0.39 is 7.75 Å². The summed E-state index contributed by atoms with van der Waals surface area (Å²) in [5.74, 6) is 0. The van der Waals surface area contributed by atoms with E-state index in [-0.39, 0.29) is 18.6 Å². The third-order valence-electron chi connectivity index (χ3n) is 0. The van der Waals surface area contributed by atoms with Gasteiger partial charge in [0, 0.05) is 0 Å². The van der Waals surface area contributed by atoms with E-state index in [1.807, 2.05) is 0 Å². The number of hydrogen-bond donors (Lipinski definition) is 4. The molecule has 0 aromatic heterocycles. The van der Waals surface area contributed by atoms with Crippen molar-refractivity contribution >= 4 is 20.2 Å². The van der Waals surface area contributed by atoms with E-state index in [1.54, 1.807) is 0 Å². The SMILES string of the molecule is Cl.N.NP(=O)(O)O. The van der Waals surface area contributed by atoms with Gasteiger partial charge in [-0.15, -0.1) is 12.4 Å². The van der Waals surface area contributed by atoms with Crippen molar-refractivity contribution in [2.75, 3.05) is 0 Å². The van der Waals surface area contributed by atoms with E-state index in [0.717, 1.165) is 0 Å². The molecule has 48 valence electrons. The fourth-order valence-corrected chi connectivity index (χ4v) is 0. The van der Waals surface area contributed by atoms with E-state index in [4.69, 9.17) is 14.4 Å². The molecule has 0 rings (SSSR count). The summed E-state index contributed by atoms with van der Waals surface area (Å²) < 4.78 is 9.10. The molecule has 0 aromatic rings. The minimum absolute atomic E-state index is 0. The molecule has 0 saturated carbocycles. The first-order valence-corrected chi connectivity index (χ1v) is 2.52. The standard InChI is InChI=1S/ClH.H4NO3P.H3N/c;1-5(2,3)4;/h1H;(H4,1,2,3,4);1H3. The van der Waals surface area contributed by atoms with Gasteiger partial charge in [0.05, 0.1) is 0 Å². The molecule has 0 heterocycles. The second-order valence-electron chi connectivity index (χ2n) is 0.589. The van der Waals surface area contributed by atoms with Gasteiger partial charge in [0.15, 0.2) is 0 Å². The zero-order chi connectivity index (χ0) is 4.50. The molecule has 0 aliphatic heterocycles. The highest BCUT2D eigenvalue weighted by atomic mass is 35.5. The molecular formula is H8ClN2O3P. The van der Waals surface area contributed by atoms with Crippen LogP contribution in [-0.4, -0.2) is 9.79 Å². The lowest BCUT2D eigenvalue weighted by Crippen LogP contribution is -1.87. The lowest BCUT2D eigenvalue weighted by Gasteiger charge is -1.84. The van der Waals surface area contributed by atoms with Crippen LogP contribution >= 0.6 is 20.2 Å². The highest BCUT2D eigenvalue weighted by Crippen LogP contribution is 2.20. The van der Waals surface area contributed by atoms with Gasteiger partial charge in [0.2, 0.25) is 0 Å². The molecule has 0 bridgehead atoms. The number of hydrogen-bond acceptors (Lipinski definition) is 2. The van der Waals surface area contributed by atoms with Crippen LogP contribution < -0.4 is 11.7 Å². The van der Waals surface area contributed by atoms with Gasteiger partial charge in [-0.05, 0) is 0 Å². The molecule has 0 saturated heterocycles. The number of nitrogens with two attached hydrogens (primary N) is 1. The minimum atomic E-state index is -4.14. The third kappa shape index (κ3) is 933. The van der Waals surface area contributed by atoms with Crippen LogP contribution in [-0.2, 0) is 4.57 Å². The van der Waals surface area contributed by atoms with Crippen molar-refractivity contribution in [2.24, 2.45) is 5.50 Å². The summed E-state index contributed by atoms with van der Waals surface area (Å²) in [6.07, 6.45) is 0. The smallest absolute Gasteiger partial charge is 0.344 e. The van der Waals surface area contributed by atoms with Crippen molar-refractivity contribution < 1.29 is 14.4 Å². The Morgan fingerprint density at radius 2 is 1.43 bits per heavy atom. The van der Waals surface area contributed by atoms with Crippen molar-refractivity contribution in [3.8, 4) is 0 Å². The molecule has 0 aliphatic carbocycles. The summed E-state index contributed by atoms with van der Waals surface area (Å²) in [7, 11) is -4.14. The van der Waals surface area contributed by atoms with Crippen molar-refractivity contribution in [1.82, 2.24) is 6.15 Å². The van der Waals surface area contributed by atoms with Gasteiger partial charge in [0.1, 0.15) is 0 Å². The first-order chi connectivity index (χ1) is 2.00. The Kier molecular flexibility index (Phi) is 10.1. The van der Waals surface area contributed by atoms with Gasteiger partial charge < -0.3 is 15.9 Å². The van der Waals surface area contributed by atoms with Gasteiger partial charge in [-0.2, -0.15) is 0 Å². The highest BCUT2D eigenvalue weighted by molar-refractivity contribution is 7.49. The summed E-state index contributed by atoms with van der Waals surface area (Å²) in [5, 5.41) is 0. The monoisotopic (exact) mass is 150 g/mol. The summed E-state index contributed by atoms with van der Waals surface area (Å²) >= 11 is 0.